The molecule has 0 bridgehead atoms. The standard InChI is InChI=1S/C15H15F3O2S/c1-9-5-6-14(8-10(9)2,13(20)15(16,17)18)12(19)11-4-3-7-21-11/h3-4,7H,5-6,8H2,1-2H3. The van der Waals surface area contributed by atoms with Gasteiger partial charge in [0.25, 0.3) is 0 Å². The zero-order valence-electron chi connectivity index (χ0n) is 11.7. The van der Waals surface area contributed by atoms with Crippen molar-refractivity contribution in [3.05, 3.63) is 33.5 Å². The number of carbonyl (C=O) groups excluding carboxylic acids is 2. The molecule has 0 aromatic carbocycles. The van der Waals surface area contributed by atoms with Crippen LogP contribution in [0.5, 0.6) is 0 Å². The minimum atomic E-state index is -5.00. The molecule has 0 aliphatic heterocycles. The third kappa shape index (κ3) is 2.81. The van der Waals surface area contributed by atoms with E-state index in [1.165, 1.54) is 6.07 Å². The number of thiophene rings is 1. The summed E-state index contributed by atoms with van der Waals surface area (Å²) in [6.45, 7) is 3.52. The molecule has 0 saturated heterocycles. The fourth-order valence-electron chi connectivity index (χ4n) is 2.71. The molecule has 1 aliphatic rings. The van der Waals surface area contributed by atoms with Crippen LogP contribution in [0.1, 0.15) is 42.8 Å². The van der Waals surface area contributed by atoms with E-state index < -0.39 is 23.2 Å². The lowest BCUT2D eigenvalue weighted by atomic mass is 9.66. The monoisotopic (exact) mass is 316 g/mol. The number of hydrogen-bond donors (Lipinski definition) is 0. The van der Waals surface area contributed by atoms with Crippen molar-refractivity contribution >= 4 is 22.9 Å². The first kappa shape index (κ1) is 15.9. The summed E-state index contributed by atoms with van der Waals surface area (Å²) in [4.78, 5) is 24.8. The molecule has 114 valence electrons. The van der Waals surface area contributed by atoms with Gasteiger partial charge in [0, 0.05) is 0 Å². The van der Waals surface area contributed by atoms with Crippen molar-refractivity contribution in [2.75, 3.05) is 0 Å². The zero-order chi connectivity index (χ0) is 15.8. The molecular formula is C15H15F3O2S. The van der Waals surface area contributed by atoms with E-state index in [2.05, 4.69) is 0 Å². The van der Waals surface area contributed by atoms with Crippen LogP contribution in [0.3, 0.4) is 0 Å². The first-order valence-electron chi connectivity index (χ1n) is 6.53. The van der Waals surface area contributed by atoms with Crippen LogP contribution in [0.2, 0.25) is 0 Å². The summed E-state index contributed by atoms with van der Waals surface area (Å²) >= 11 is 1.07. The molecule has 1 atom stereocenters. The van der Waals surface area contributed by atoms with Crippen molar-refractivity contribution in [3.63, 3.8) is 0 Å². The molecule has 1 aromatic heterocycles. The molecule has 1 unspecified atom stereocenters. The molecule has 0 amide bonds. The molecule has 1 aromatic rings. The average Bonchev–Trinajstić information content (AvgIpc) is 2.93. The highest BCUT2D eigenvalue weighted by molar-refractivity contribution is 7.12. The Hall–Kier alpha value is -1.43. The second kappa shape index (κ2) is 5.40. The fourth-order valence-corrected chi connectivity index (χ4v) is 3.48. The maximum Gasteiger partial charge on any atom is 0.451 e. The largest absolute Gasteiger partial charge is 0.451 e. The summed E-state index contributed by atoms with van der Waals surface area (Å²) in [6, 6.07) is 3.07. The summed E-state index contributed by atoms with van der Waals surface area (Å²) in [5, 5.41) is 1.62. The molecule has 0 fully saturated rings. The van der Waals surface area contributed by atoms with Gasteiger partial charge in [-0.05, 0) is 44.6 Å². The Kier molecular flexibility index (Phi) is 4.10. The van der Waals surface area contributed by atoms with Crippen LogP contribution in [0.4, 0.5) is 13.2 Å². The fraction of sp³-hybridized carbons (Fsp3) is 0.467. The number of alkyl halides is 3. The maximum atomic E-state index is 13.0. The van der Waals surface area contributed by atoms with Crippen LogP contribution in [0.25, 0.3) is 0 Å². The highest BCUT2D eigenvalue weighted by Gasteiger charge is 2.57. The Balaban J connectivity index is 2.51. The van der Waals surface area contributed by atoms with Crippen LogP contribution in [0, 0.1) is 5.41 Å². The van der Waals surface area contributed by atoms with Gasteiger partial charge in [0.15, 0.2) is 5.78 Å². The molecule has 1 heterocycles. The van der Waals surface area contributed by atoms with E-state index in [1.807, 2.05) is 6.92 Å². The Bertz CT molecular complexity index is 599. The van der Waals surface area contributed by atoms with Crippen LogP contribution >= 0.6 is 11.3 Å². The Morgan fingerprint density at radius 2 is 1.90 bits per heavy atom. The van der Waals surface area contributed by atoms with E-state index in [9.17, 15) is 22.8 Å². The number of ketones is 2. The summed E-state index contributed by atoms with van der Waals surface area (Å²) in [5.41, 5.74) is -0.337. The first-order chi connectivity index (χ1) is 9.68. The minimum absolute atomic E-state index is 0.0781. The molecule has 21 heavy (non-hydrogen) atoms. The number of halogens is 3. The van der Waals surface area contributed by atoms with Gasteiger partial charge in [0.1, 0.15) is 5.41 Å². The van der Waals surface area contributed by atoms with Crippen LogP contribution < -0.4 is 0 Å². The molecular weight excluding hydrogens is 301 g/mol. The molecule has 0 N–H and O–H groups in total. The first-order valence-corrected chi connectivity index (χ1v) is 7.41. The molecule has 1 aliphatic carbocycles. The lowest BCUT2D eigenvalue weighted by Crippen LogP contribution is -2.47. The van der Waals surface area contributed by atoms with Gasteiger partial charge in [-0.1, -0.05) is 17.2 Å². The van der Waals surface area contributed by atoms with Crippen molar-refractivity contribution in [2.24, 2.45) is 5.41 Å². The van der Waals surface area contributed by atoms with Crippen molar-refractivity contribution in [3.8, 4) is 0 Å². The van der Waals surface area contributed by atoms with Crippen molar-refractivity contribution in [1.29, 1.82) is 0 Å². The number of Topliss-reactive ketones (excluding diaryl/α,β-unsaturated/α-hetero) is 2. The van der Waals surface area contributed by atoms with E-state index in [0.717, 1.165) is 16.9 Å². The van der Waals surface area contributed by atoms with Gasteiger partial charge in [0.05, 0.1) is 4.88 Å². The smallest absolute Gasteiger partial charge is 0.292 e. The lowest BCUT2D eigenvalue weighted by molar-refractivity contribution is -0.180. The number of hydrogen-bond acceptors (Lipinski definition) is 3. The van der Waals surface area contributed by atoms with E-state index >= 15 is 0 Å². The van der Waals surface area contributed by atoms with Gasteiger partial charge in [-0.2, -0.15) is 13.2 Å². The molecule has 2 rings (SSSR count). The summed E-state index contributed by atoms with van der Waals surface area (Å²) in [7, 11) is 0. The molecule has 0 saturated carbocycles. The Morgan fingerprint density at radius 3 is 2.38 bits per heavy atom. The van der Waals surface area contributed by atoms with E-state index in [1.54, 1.807) is 18.4 Å². The SMILES string of the molecule is CC1=C(C)CC(C(=O)c2cccs2)(C(=O)C(F)(F)F)CC1. The van der Waals surface area contributed by atoms with Gasteiger partial charge >= 0.3 is 6.18 Å². The van der Waals surface area contributed by atoms with Gasteiger partial charge in [-0.15, -0.1) is 11.3 Å². The highest BCUT2D eigenvalue weighted by Crippen LogP contribution is 2.46. The summed E-state index contributed by atoms with van der Waals surface area (Å²) < 4.78 is 39.0. The summed E-state index contributed by atoms with van der Waals surface area (Å²) in [6.07, 6.45) is -4.89. The van der Waals surface area contributed by atoms with Gasteiger partial charge in [-0.3, -0.25) is 9.59 Å². The predicted octanol–water partition coefficient (Wildman–Crippen LogP) is 4.57. The normalized spacial score (nSPS) is 23.3. The van der Waals surface area contributed by atoms with Gasteiger partial charge in [-0.25, -0.2) is 0 Å². The van der Waals surface area contributed by atoms with E-state index in [0.29, 0.717) is 12.0 Å². The maximum absolute atomic E-state index is 13.0. The molecule has 6 heteroatoms. The van der Waals surface area contributed by atoms with Crippen molar-refractivity contribution in [2.45, 2.75) is 39.3 Å². The third-order valence-electron chi connectivity index (χ3n) is 4.09. The second-order valence-electron chi connectivity index (χ2n) is 5.45. The van der Waals surface area contributed by atoms with E-state index in [4.69, 9.17) is 0 Å². The molecule has 0 spiro atoms. The van der Waals surface area contributed by atoms with Crippen molar-refractivity contribution < 1.29 is 22.8 Å². The van der Waals surface area contributed by atoms with Gasteiger partial charge < -0.3 is 0 Å². The number of rotatable bonds is 3. The van der Waals surface area contributed by atoms with Crippen LogP contribution in [-0.2, 0) is 4.79 Å². The molecule has 2 nitrogen and oxygen atoms in total. The zero-order valence-corrected chi connectivity index (χ0v) is 12.5. The quantitative estimate of drug-likeness (QED) is 0.465. The lowest BCUT2D eigenvalue weighted by Gasteiger charge is -2.35. The summed E-state index contributed by atoms with van der Waals surface area (Å²) in [5.74, 6) is -2.62. The minimum Gasteiger partial charge on any atom is -0.292 e. The average molecular weight is 316 g/mol. The van der Waals surface area contributed by atoms with Crippen LogP contribution in [-0.4, -0.2) is 17.7 Å². The van der Waals surface area contributed by atoms with E-state index in [-0.39, 0.29) is 17.7 Å². The topological polar surface area (TPSA) is 34.1 Å². The molecule has 0 radical (unpaired) electrons. The van der Waals surface area contributed by atoms with Crippen molar-refractivity contribution in [1.82, 2.24) is 0 Å². The number of allylic oxidation sites excluding steroid dienone is 2. The second-order valence-corrected chi connectivity index (χ2v) is 6.40. The number of carbonyl (C=O) groups is 2. The van der Waals surface area contributed by atoms with Crippen LogP contribution in [0.15, 0.2) is 28.7 Å². The third-order valence-corrected chi connectivity index (χ3v) is 4.96. The van der Waals surface area contributed by atoms with Gasteiger partial charge in [0.2, 0.25) is 5.78 Å². The predicted molar refractivity (Wildman–Crippen MR) is 74.4 cm³/mol. The highest BCUT2D eigenvalue weighted by atomic mass is 32.1. The Morgan fingerprint density at radius 1 is 1.24 bits per heavy atom. The Labute approximate surface area is 124 Å².